The van der Waals surface area contributed by atoms with E-state index >= 15 is 0 Å². The second kappa shape index (κ2) is 7.84. The van der Waals surface area contributed by atoms with Crippen molar-refractivity contribution in [1.29, 1.82) is 0 Å². The summed E-state index contributed by atoms with van der Waals surface area (Å²) in [6, 6.07) is 10.4. The summed E-state index contributed by atoms with van der Waals surface area (Å²) in [6.45, 7) is 5.43. The topological polar surface area (TPSA) is 61.8 Å². The lowest BCUT2D eigenvalue weighted by Crippen LogP contribution is -2.26. The van der Waals surface area contributed by atoms with Crippen LogP contribution in [0, 0.1) is 6.92 Å². The van der Waals surface area contributed by atoms with Gasteiger partial charge in [0, 0.05) is 11.1 Å². The molecule has 0 fully saturated rings. The molecule has 140 valence electrons. The van der Waals surface area contributed by atoms with Crippen molar-refractivity contribution >= 4 is 29.4 Å². The quantitative estimate of drug-likeness (QED) is 0.555. The number of fused-ring (bicyclic) bond motifs is 1. The van der Waals surface area contributed by atoms with E-state index in [1.54, 1.807) is 63.2 Å². The molecule has 27 heavy (non-hydrogen) atoms. The van der Waals surface area contributed by atoms with Crippen LogP contribution in [0.4, 0.5) is 0 Å². The van der Waals surface area contributed by atoms with Crippen LogP contribution in [0.15, 0.2) is 42.2 Å². The molecule has 1 heterocycles. The van der Waals surface area contributed by atoms with Gasteiger partial charge in [-0.05, 0) is 56.2 Å². The maximum atomic E-state index is 12.7. The number of carbonyl (C=O) groups is 2. The molecule has 3 rings (SSSR count). The molecule has 0 radical (unpaired) electrons. The van der Waals surface area contributed by atoms with Crippen molar-refractivity contribution in [3.8, 4) is 11.5 Å². The van der Waals surface area contributed by atoms with Crippen molar-refractivity contribution in [1.82, 2.24) is 0 Å². The number of esters is 1. The number of ether oxygens (including phenoxy) is 3. The standard InChI is InChI=1S/C21H19ClO5/c1-4-25-21(24)13(3)26-16-9-12(2)19-17(11-16)27-18(20(19)23)10-14-5-7-15(22)8-6-14/h5-11,13H,4H2,1-3H3/b18-10-. The van der Waals surface area contributed by atoms with Crippen LogP contribution in [-0.4, -0.2) is 24.5 Å². The number of allylic oxidation sites excluding steroid dienone is 1. The molecule has 1 aliphatic rings. The average Bonchev–Trinajstić information content (AvgIpc) is 2.93. The van der Waals surface area contributed by atoms with E-state index in [9.17, 15) is 9.59 Å². The maximum absolute atomic E-state index is 12.7. The number of carbonyl (C=O) groups excluding carboxylic acids is 2. The van der Waals surface area contributed by atoms with E-state index in [0.29, 0.717) is 27.6 Å². The highest BCUT2D eigenvalue weighted by Gasteiger charge is 2.30. The van der Waals surface area contributed by atoms with E-state index in [2.05, 4.69) is 0 Å². The van der Waals surface area contributed by atoms with Crippen LogP contribution in [0.2, 0.25) is 5.02 Å². The van der Waals surface area contributed by atoms with Crippen LogP contribution in [0.25, 0.3) is 6.08 Å². The largest absolute Gasteiger partial charge is 0.479 e. The molecule has 1 aliphatic heterocycles. The first-order chi connectivity index (χ1) is 12.9. The molecule has 0 amide bonds. The number of Topliss-reactive ketones (excluding diaryl/α,β-unsaturated/α-hetero) is 1. The molecule has 0 saturated carbocycles. The van der Waals surface area contributed by atoms with E-state index in [0.717, 1.165) is 5.56 Å². The van der Waals surface area contributed by atoms with Crippen LogP contribution in [-0.2, 0) is 9.53 Å². The number of hydrogen-bond donors (Lipinski definition) is 0. The molecular formula is C21H19ClO5. The minimum atomic E-state index is -0.761. The first-order valence-electron chi connectivity index (χ1n) is 8.56. The maximum Gasteiger partial charge on any atom is 0.347 e. The van der Waals surface area contributed by atoms with Crippen LogP contribution in [0.1, 0.15) is 35.3 Å². The lowest BCUT2D eigenvalue weighted by Gasteiger charge is -2.14. The zero-order valence-corrected chi connectivity index (χ0v) is 16.0. The van der Waals surface area contributed by atoms with E-state index in [1.165, 1.54) is 0 Å². The van der Waals surface area contributed by atoms with Crippen molar-refractivity contribution < 1.29 is 23.8 Å². The van der Waals surface area contributed by atoms with E-state index in [-0.39, 0.29) is 18.1 Å². The zero-order chi connectivity index (χ0) is 19.6. The van der Waals surface area contributed by atoms with Crippen molar-refractivity contribution in [2.45, 2.75) is 26.9 Å². The summed E-state index contributed by atoms with van der Waals surface area (Å²) in [6.07, 6.45) is 0.906. The summed E-state index contributed by atoms with van der Waals surface area (Å²) in [7, 11) is 0. The zero-order valence-electron chi connectivity index (χ0n) is 15.2. The van der Waals surface area contributed by atoms with E-state index in [4.69, 9.17) is 25.8 Å². The highest BCUT2D eigenvalue weighted by Crippen LogP contribution is 2.37. The van der Waals surface area contributed by atoms with Gasteiger partial charge in [-0.2, -0.15) is 0 Å². The smallest absolute Gasteiger partial charge is 0.347 e. The summed E-state index contributed by atoms with van der Waals surface area (Å²) < 4.78 is 16.3. The van der Waals surface area contributed by atoms with Crippen LogP contribution < -0.4 is 9.47 Å². The van der Waals surface area contributed by atoms with Gasteiger partial charge < -0.3 is 14.2 Å². The third kappa shape index (κ3) is 4.14. The van der Waals surface area contributed by atoms with Gasteiger partial charge in [0.25, 0.3) is 0 Å². The molecule has 0 bridgehead atoms. The second-order valence-electron chi connectivity index (χ2n) is 6.12. The van der Waals surface area contributed by atoms with Gasteiger partial charge in [-0.15, -0.1) is 0 Å². The Morgan fingerprint density at radius 3 is 2.63 bits per heavy atom. The summed E-state index contributed by atoms with van der Waals surface area (Å²) >= 11 is 5.89. The third-order valence-corrected chi connectivity index (χ3v) is 4.29. The molecule has 1 unspecified atom stereocenters. The lowest BCUT2D eigenvalue weighted by molar-refractivity contribution is -0.150. The molecule has 1 atom stereocenters. The van der Waals surface area contributed by atoms with Gasteiger partial charge in [-0.25, -0.2) is 4.79 Å². The van der Waals surface area contributed by atoms with Crippen molar-refractivity contribution in [3.05, 3.63) is 63.9 Å². The third-order valence-electron chi connectivity index (χ3n) is 4.04. The van der Waals surface area contributed by atoms with Crippen molar-refractivity contribution in [2.24, 2.45) is 0 Å². The van der Waals surface area contributed by atoms with Gasteiger partial charge in [0.05, 0.1) is 12.2 Å². The Hall–Kier alpha value is -2.79. The average molecular weight is 387 g/mol. The molecular weight excluding hydrogens is 368 g/mol. The van der Waals surface area contributed by atoms with Crippen LogP contribution >= 0.6 is 11.6 Å². The van der Waals surface area contributed by atoms with Gasteiger partial charge in [0.15, 0.2) is 11.9 Å². The number of benzene rings is 2. The Balaban J connectivity index is 1.84. The number of ketones is 1. The van der Waals surface area contributed by atoms with Gasteiger partial charge in [0.1, 0.15) is 11.5 Å². The predicted octanol–water partition coefficient (Wildman–Crippen LogP) is 4.60. The van der Waals surface area contributed by atoms with Gasteiger partial charge in [-0.1, -0.05) is 23.7 Å². The van der Waals surface area contributed by atoms with Gasteiger partial charge in [0.2, 0.25) is 5.78 Å². The molecule has 0 saturated heterocycles. The Morgan fingerprint density at radius 1 is 1.26 bits per heavy atom. The number of hydrogen-bond acceptors (Lipinski definition) is 5. The first kappa shape index (κ1) is 19.0. The summed E-state index contributed by atoms with van der Waals surface area (Å²) in [5, 5.41) is 0.618. The van der Waals surface area contributed by atoms with Gasteiger partial charge in [-0.3, -0.25) is 4.79 Å². The fourth-order valence-corrected chi connectivity index (χ4v) is 2.89. The molecule has 0 spiro atoms. The molecule has 5 nitrogen and oxygen atoms in total. The summed E-state index contributed by atoms with van der Waals surface area (Å²) in [4.78, 5) is 24.4. The van der Waals surface area contributed by atoms with E-state index < -0.39 is 12.1 Å². The summed E-state index contributed by atoms with van der Waals surface area (Å²) in [5.41, 5.74) is 2.01. The highest BCUT2D eigenvalue weighted by atomic mass is 35.5. The normalized spacial score (nSPS) is 15.3. The van der Waals surface area contributed by atoms with E-state index in [1.807, 2.05) is 0 Å². The molecule has 0 N–H and O–H groups in total. The highest BCUT2D eigenvalue weighted by molar-refractivity contribution is 6.30. The lowest BCUT2D eigenvalue weighted by atomic mass is 10.0. The fourth-order valence-electron chi connectivity index (χ4n) is 2.77. The Kier molecular flexibility index (Phi) is 5.51. The molecule has 0 aliphatic carbocycles. The first-order valence-corrected chi connectivity index (χ1v) is 8.94. The summed E-state index contributed by atoms with van der Waals surface area (Å²) in [5.74, 6) is 0.433. The molecule has 2 aromatic carbocycles. The monoisotopic (exact) mass is 386 g/mol. The fraction of sp³-hybridized carbons (Fsp3) is 0.238. The Morgan fingerprint density at radius 2 is 1.96 bits per heavy atom. The minimum absolute atomic E-state index is 0.192. The van der Waals surface area contributed by atoms with Crippen LogP contribution in [0.3, 0.4) is 0 Å². The Bertz CT molecular complexity index is 915. The molecule has 0 aromatic heterocycles. The Labute approximate surface area is 162 Å². The second-order valence-corrected chi connectivity index (χ2v) is 6.55. The van der Waals surface area contributed by atoms with Crippen molar-refractivity contribution in [3.63, 3.8) is 0 Å². The number of rotatable bonds is 5. The van der Waals surface area contributed by atoms with Crippen LogP contribution in [0.5, 0.6) is 11.5 Å². The van der Waals surface area contributed by atoms with Crippen molar-refractivity contribution in [2.75, 3.05) is 6.61 Å². The predicted molar refractivity (Wildman–Crippen MR) is 102 cm³/mol. The van der Waals surface area contributed by atoms with Gasteiger partial charge >= 0.3 is 5.97 Å². The molecule has 2 aromatic rings. The number of aryl methyl sites for hydroxylation is 1. The SMILES string of the molecule is CCOC(=O)C(C)Oc1cc(C)c2c(c1)O/C(=C\c1ccc(Cl)cc1)C2=O. The number of halogens is 1. The molecule has 6 heteroatoms. The minimum Gasteiger partial charge on any atom is -0.479 e.